The number of amides is 1. The molecule has 0 saturated carbocycles. The summed E-state index contributed by atoms with van der Waals surface area (Å²) in [6, 6.07) is 7.07. The first kappa shape index (κ1) is 16.2. The van der Waals surface area contributed by atoms with Crippen molar-refractivity contribution >= 4 is 5.91 Å². The number of hydrogen-bond acceptors (Lipinski definition) is 3. The Kier molecular flexibility index (Phi) is 7.41. The predicted octanol–water partition coefficient (Wildman–Crippen LogP) is 1.58. The number of aliphatic hydroxyl groups is 1. The summed E-state index contributed by atoms with van der Waals surface area (Å²) in [5, 5.41) is 11.4. The van der Waals surface area contributed by atoms with Crippen LogP contribution in [0.4, 0.5) is 0 Å². The molecular weight excluding hydrogens is 254 g/mol. The molecule has 0 saturated heterocycles. The van der Waals surface area contributed by atoms with Gasteiger partial charge in [0.15, 0.2) is 0 Å². The number of carbonyl (C=O) groups excluding carboxylic acids is 1. The van der Waals surface area contributed by atoms with Crippen LogP contribution in [0.5, 0.6) is 0 Å². The van der Waals surface area contributed by atoms with Gasteiger partial charge in [0.25, 0.3) is 5.91 Å². The average molecular weight is 275 g/mol. The lowest BCUT2D eigenvalue weighted by Gasteiger charge is -2.08. The Morgan fingerprint density at radius 1 is 1.35 bits per heavy atom. The summed E-state index contributed by atoms with van der Waals surface area (Å²) in [6.07, 6.45) is 0.627. The molecule has 1 rings (SSSR count). The lowest BCUT2D eigenvalue weighted by atomic mass is 10.1. The third-order valence-corrected chi connectivity index (χ3v) is 2.46. The summed E-state index contributed by atoms with van der Waals surface area (Å²) in [4.78, 5) is 11.8. The molecule has 0 fully saturated rings. The largest absolute Gasteiger partial charge is 0.395 e. The van der Waals surface area contributed by atoms with E-state index in [1.165, 1.54) is 0 Å². The van der Waals surface area contributed by atoms with Crippen molar-refractivity contribution in [1.82, 2.24) is 5.32 Å². The summed E-state index contributed by atoms with van der Waals surface area (Å²) in [5.74, 6) is 5.63. The van der Waals surface area contributed by atoms with Crippen molar-refractivity contribution in [1.29, 1.82) is 0 Å². The second-order valence-electron chi connectivity index (χ2n) is 4.53. The molecule has 0 aromatic heterocycles. The highest BCUT2D eigenvalue weighted by Crippen LogP contribution is 2.03. The Morgan fingerprint density at radius 2 is 2.05 bits per heavy atom. The standard InChI is InChI=1S/C16H21NO3/c1-13(2)20-12-10-17-16(19)15-8-6-14(7-9-15)5-3-4-11-18/h6-9,13,18H,4,10-12H2,1-2H3,(H,17,19). The fourth-order valence-electron chi connectivity index (χ4n) is 1.49. The first-order chi connectivity index (χ1) is 9.63. The van der Waals surface area contributed by atoms with Crippen molar-refractivity contribution in [3.63, 3.8) is 0 Å². The van der Waals surface area contributed by atoms with Crippen molar-refractivity contribution < 1.29 is 14.6 Å². The molecule has 0 heterocycles. The number of ether oxygens (including phenoxy) is 1. The molecule has 0 unspecified atom stereocenters. The van der Waals surface area contributed by atoms with Crippen LogP contribution in [-0.2, 0) is 4.74 Å². The first-order valence-electron chi connectivity index (χ1n) is 6.73. The Bertz CT molecular complexity index is 469. The molecule has 4 heteroatoms. The predicted molar refractivity (Wildman–Crippen MR) is 78.4 cm³/mol. The van der Waals surface area contributed by atoms with E-state index in [9.17, 15) is 4.79 Å². The second-order valence-corrected chi connectivity index (χ2v) is 4.53. The van der Waals surface area contributed by atoms with Gasteiger partial charge >= 0.3 is 0 Å². The number of nitrogens with one attached hydrogen (secondary N) is 1. The minimum absolute atomic E-state index is 0.0614. The summed E-state index contributed by atoms with van der Waals surface area (Å²) >= 11 is 0. The van der Waals surface area contributed by atoms with E-state index in [0.717, 1.165) is 5.56 Å². The van der Waals surface area contributed by atoms with Gasteiger partial charge in [-0.05, 0) is 38.1 Å². The number of rotatable bonds is 6. The Balaban J connectivity index is 2.43. The molecule has 0 aliphatic carbocycles. The average Bonchev–Trinajstić information content (AvgIpc) is 2.44. The summed E-state index contributed by atoms with van der Waals surface area (Å²) in [7, 11) is 0. The van der Waals surface area contributed by atoms with E-state index in [0.29, 0.717) is 25.1 Å². The van der Waals surface area contributed by atoms with Crippen molar-refractivity contribution in [3.8, 4) is 11.8 Å². The monoisotopic (exact) mass is 275 g/mol. The highest BCUT2D eigenvalue weighted by atomic mass is 16.5. The first-order valence-corrected chi connectivity index (χ1v) is 6.73. The summed E-state index contributed by atoms with van der Waals surface area (Å²) in [6.45, 7) is 4.98. The van der Waals surface area contributed by atoms with Crippen molar-refractivity contribution in [3.05, 3.63) is 35.4 Å². The Morgan fingerprint density at radius 3 is 2.65 bits per heavy atom. The lowest BCUT2D eigenvalue weighted by Crippen LogP contribution is -2.28. The normalized spacial score (nSPS) is 10.0. The van der Waals surface area contributed by atoms with Gasteiger partial charge in [0.05, 0.1) is 19.3 Å². The molecule has 1 aromatic carbocycles. The van der Waals surface area contributed by atoms with Gasteiger partial charge in [-0.2, -0.15) is 0 Å². The fraction of sp³-hybridized carbons (Fsp3) is 0.438. The van der Waals surface area contributed by atoms with Crippen LogP contribution in [0.1, 0.15) is 36.2 Å². The van der Waals surface area contributed by atoms with Gasteiger partial charge in [0.1, 0.15) is 0 Å². The third-order valence-electron chi connectivity index (χ3n) is 2.46. The van der Waals surface area contributed by atoms with Crippen LogP contribution in [0.2, 0.25) is 0 Å². The van der Waals surface area contributed by atoms with Gasteiger partial charge in [-0.3, -0.25) is 4.79 Å². The van der Waals surface area contributed by atoms with Crippen molar-refractivity contribution in [2.75, 3.05) is 19.8 Å². The molecule has 2 N–H and O–H groups in total. The molecule has 108 valence electrons. The topological polar surface area (TPSA) is 58.6 Å². The number of carbonyl (C=O) groups is 1. The van der Waals surface area contributed by atoms with Crippen molar-refractivity contribution in [2.24, 2.45) is 0 Å². The number of benzene rings is 1. The molecule has 0 bridgehead atoms. The van der Waals surface area contributed by atoms with Crippen LogP contribution in [0.25, 0.3) is 0 Å². The SMILES string of the molecule is CC(C)OCCNC(=O)c1ccc(C#CCCO)cc1. The molecule has 0 aliphatic heterocycles. The maximum atomic E-state index is 11.8. The Hall–Kier alpha value is -1.83. The van der Waals surface area contributed by atoms with Gasteiger partial charge in [-0.1, -0.05) is 11.8 Å². The van der Waals surface area contributed by atoms with Crippen LogP contribution < -0.4 is 5.32 Å². The molecule has 0 aliphatic rings. The number of aliphatic hydroxyl groups excluding tert-OH is 1. The molecular formula is C16H21NO3. The molecule has 0 spiro atoms. The molecule has 0 atom stereocenters. The summed E-state index contributed by atoms with van der Waals surface area (Å²) in [5.41, 5.74) is 1.43. The van der Waals surface area contributed by atoms with Crippen molar-refractivity contribution in [2.45, 2.75) is 26.4 Å². The van der Waals surface area contributed by atoms with E-state index in [2.05, 4.69) is 17.2 Å². The van der Waals surface area contributed by atoms with Gasteiger partial charge in [0, 0.05) is 24.1 Å². The van der Waals surface area contributed by atoms with E-state index in [1.54, 1.807) is 24.3 Å². The fourth-order valence-corrected chi connectivity index (χ4v) is 1.49. The third kappa shape index (κ3) is 6.37. The second kappa shape index (κ2) is 9.13. The molecule has 1 amide bonds. The van der Waals surface area contributed by atoms with E-state index in [4.69, 9.17) is 9.84 Å². The van der Waals surface area contributed by atoms with Gasteiger partial charge in [-0.25, -0.2) is 0 Å². The molecule has 0 radical (unpaired) electrons. The summed E-state index contributed by atoms with van der Waals surface area (Å²) < 4.78 is 5.35. The molecule has 4 nitrogen and oxygen atoms in total. The lowest BCUT2D eigenvalue weighted by molar-refractivity contribution is 0.0746. The van der Waals surface area contributed by atoms with Crippen LogP contribution in [0, 0.1) is 11.8 Å². The van der Waals surface area contributed by atoms with E-state index < -0.39 is 0 Å². The molecule has 1 aromatic rings. The van der Waals surface area contributed by atoms with Crippen LogP contribution in [0.3, 0.4) is 0 Å². The quantitative estimate of drug-likeness (QED) is 0.612. The maximum Gasteiger partial charge on any atom is 0.251 e. The smallest absolute Gasteiger partial charge is 0.251 e. The zero-order valence-electron chi connectivity index (χ0n) is 12.0. The zero-order chi connectivity index (χ0) is 14.8. The van der Waals surface area contributed by atoms with E-state index >= 15 is 0 Å². The van der Waals surface area contributed by atoms with Gasteiger partial charge in [0.2, 0.25) is 0 Å². The van der Waals surface area contributed by atoms with E-state index in [-0.39, 0.29) is 18.6 Å². The minimum Gasteiger partial charge on any atom is -0.395 e. The van der Waals surface area contributed by atoms with E-state index in [1.807, 2.05) is 13.8 Å². The Labute approximate surface area is 120 Å². The molecule has 20 heavy (non-hydrogen) atoms. The van der Waals surface area contributed by atoms with Gasteiger partial charge < -0.3 is 15.2 Å². The maximum absolute atomic E-state index is 11.8. The zero-order valence-corrected chi connectivity index (χ0v) is 12.0. The minimum atomic E-state index is -0.118. The number of hydrogen-bond donors (Lipinski definition) is 2. The van der Waals surface area contributed by atoms with Crippen LogP contribution in [-0.4, -0.2) is 36.9 Å². The van der Waals surface area contributed by atoms with Crippen LogP contribution >= 0.6 is 0 Å². The highest BCUT2D eigenvalue weighted by Gasteiger charge is 2.04. The van der Waals surface area contributed by atoms with Gasteiger partial charge in [-0.15, -0.1) is 0 Å². The highest BCUT2D eigenvalue weighted by molar-refractivity contribution is 5.94. The van der Waals surface area contributed by atoms with Crippen LogP contribution in [0.15, 0.2) is 24.3 Å².